The quantitative estimate of drug-likeness (QED) is 0.0117. The zero-order valence-electron chi connectivity index (χ0n) is 73.7. The zero-order valence-corrected chi connectivity index (χ0v) is 74.6. The summed E-state index contributed by atoms with van der Waals surface area (Å²) in [6, 6.07) is 0. The molecular weight excluding hydrogens is 1520 g/mol. The van der Waals surface area contributed by atoms with Gasteiger partial charge in [0.25, 0.3) is 0 Å². The maximum absolute atomic E-state index is 14.9. The van der Waals surface area contributed by atoms with Gasteiger partial charge in [0.15, 0.2) is 24.8 Å². The van der Waals surface area contributed by atoms with Crippen molar-refractivity contribution < 1.29 is 122 Å². The summed E-state index contributed by atoms with van der Waals surface area (Å²) in [6.07, 6.45) is 25.3. The topological polar surface area (TPSA) is 380 Å². The summed E-state index contributed by atoms with van der Waals surface area (Å²) in [4.78, 5) is 66.5. The Hall–Kier alpha value is -2.53. The van der Waals surface area contributed by atoms with Gasteiger partial charge in [-0.15, -0.1) is 0 Å². The van der Waals surface area contributed by atoms with E-state index in [-0.39, 0.29) is 25.7 Å². The van der Waals surface area contributed by atoms with E-state index >= 15 is 0 Å². The zero-order chi connectivity index (χ0) is 85.5. The van der Waals surface area contributed by atoms with E-state index in [1.165, 1.54) is 199 Å². The summed E-state index contributed by atoms with van der Waals surface area (Å²) in [7, 11) is -5.80. The van der Waals surface area contributed by atoms with Gasteiger partial charge >= 0.3 is 31.7 Å². The highest BCUT2D eigenvalue weighted by atomic mass is 31.2. The molecule has 2 saturated heterocycles. The van der Waals surface area contributed by atoms with Crippen LogP contribution in [0.15, 0.2) is 0 Å². The molecule has 0 aromatic rings. The molecule has 690 valence electrons. The molecule has 117 heavy (non-hydrogen) atoms. The van der Waals surface area contributed by atoms with Gasteiger partial charge in [-0.3, -0.25) is 28.2 Å². The first-order chi connectivity index (χ1) is 56.6. The molecule has 3 rings (SSSR count). The van der Waals surface area contributed by atoms with Crippen LogP contribution in [0, 0.1) is 5.92 Å². The summed E-state index contributed by atoms with van der Waals surface area (Å²) in [6.45, 7) is 7.95. The molecule has 0 spiro atoms. The van der Waals surface area contributed by atoms with Crippen molar-refractivity contribution in [1.29, 1.82) is 0 Å². The molecule has 19 unspecified atom stereocenters. The molecule has 3 fully saturated rings. The molecule has 0 radical (unpaired) electrons. The molecule has 0 amide bonds. The number of carbonyl (C=O) groups excluding carboxylic acids is 4. The SMILES string of the molecule is CCCCCCCCCCCCCCCCCCC(=O)OCC1OC(OC2C(OC(=O)CCCCCCCCCCCCCCC)C(O)C(O)C(OC3OC(CO)C(O)C(O)C3O)C2OP(=O)(O)OCC(COC(=O)CCCCCCCCCCCCCCC)OC(=O)CCCCCCCCC(C)CCCCCCCC)C(O)C(O)C1O. The highest BCUT2D eigenvalue weighted by Gasteiger charge is 2.60. The summed E-state index contributed by atoms with van der Waals surface area (Å²) >= 11 is 0. The van der Waals surface area contributed by atoms with Gasteiger partial charge in [0.05, 0.1) is 13.2 Å². The summed E-state index contributed by atoms with van der Waals surface area (Å²) < 4.78 is 73.5. The molecule has 10 N–H and O–H groups in total. The first kappa shape index (κ1) is 109. The lowest BCUT2D eigenvalue weighted by molar-refractivity contribution is -0.360. The van der Waals surface area contributed by atoms with Crippen LogP contribution in [0.2, 0.25) is 0 Å². The first-order valence-corrected chi connectivity index (χ1v) is 49.2. The Labute approximate surface area is 706 Å². The lowest BCUT2D eigenvalue weighted by Crippen LogP contribution is -2.70. The second-order valence-electron chi connectivity index (χ2n) is 34.5. The van der Waals surface area contributed by atoms with E-state index in [9.17, 15) is 74.6 Å². The normalized spacial score (nSPS) is 25.3. The minimum absolute atomic E-state index is 0.0200. The van der Waals surface area contributed by atoms with E-state index in [4.69, 9.17) is 46.9 Å². The third-order valence-electron chi connectivity index (χ3n) is 23.8. The number of phosphoric ester groups is 1. The third-order valence-corrected chi connectivity index (χ3v) is 24.7. The van der Waals surface area contributed by atoms with Crippen LogP contribution >= 0.6 is 7.82 Å². The number of phosphoric acid groups is 1. The molecular formula is C91H171O25P. The number of ether oxygens (including phenoxy) is 8. The first-order valence-electron chi connectivity index (χ1n) is 47.7. The van der Waals surface area contributed by atoms with Crippen LogP contribution in [0.25, 0.3) is 0 Å². The van der Waals surface area contributed by atoms with E-state index in [0.29, 0.717) is 38.0 Å². The van der Waals surface area contributed by atoms with Gasteiger partial charge in [0, 0.05) is 25.7 Å². The van der Waals surface area contributed by atoms with Crippen LogP contribution in [0.1, 0.15) is 420 Å². The van der Waals surface area contributed by atoms with Gasteiger partial charge in [-0.05, 0) is 31.6 Å². The number of esters is 4. The van der Waals surface area contributed by atoms with E-state index in [1.54, 1.807) is 0 Å². The fraction of sp³-hybridized carbons (Fsp3) is 0.956. The Morgan fingerprint density at radius 1 is 0.333 bits per heavy atom. The van der Waals surface area contributed by atoms with Crippen molar-refractivity contribution in [2.75, 3.05) is 26.4 Å². The average Bonchev–Trinajstić information content (AvgIpc) is 0.754. The number of aliphatic hydroxyl groups is 9. The van der Waals surface area contributed by atoms with E-state index < -0.39 is 162 Å². The maximum Gasteiger partial charge on any atom is 0.472 e. The third kappa shape index (κ3) is 50.3. The molecule has 1 aliphatic carbocycles. The number of hydrogen-bond acceptors (Lipinski definition) is 24. The minimum Gasteiger partial charge on any atom is -0.463 e. The fourth-order valence-corrected chi connectivity index (χ4v) is 17.1. The Bertz CT molecular complexity index is 2450. The van der Waals surface area contributed by atoms with E-state index in [0.717, 1.165) is 128 Å². The average molecular weight is 1700 g/mol. The summed E-state index contributed by atoms with van der Waals surface area (Å²) in [5.41, 5.74) is 0. The van der Waals surface area contributed by atoms with Gasteiger partial charge in [-0.1, -0.05) is 369 Å². The van der Waals surface area contributed by atoms with Crippen LogP contribution in [-0.4, -0.2) is 205 Å². The molecule has 0 aromatic heterocycles. The van der Waals surface area contributed by atoms with Crippen molar-refractivity contribution in [3.63, 3.8) is 0 Å². The maximum atomic E-state index is 14.9. The second kappa shape index (κ2) is 69.7. The van der Waals surface area contributed by atoms with Gasteiger partial charge in [-0.2, -0.15) is 0 Å². The molecule has 19 atom stereocenters. The lowest BCUT2D eigenvalue weighted by Gasteiger charge is -2.50. The van der Waals surface area contributed by atoms with Gasteiger partial charge in [-0.25, -0.2) is 4.57 Å². The Kier molecular flexibility index (Phi) is 64.8. The number of aliphatic hydroxyl groups excluding tert-OH is 9. The number of rotatable bonds is 77. The second-order valence-corrected chi connectivity index (χ2v) is 35.9. The number of carbonyl (C=O) groups is 4. The smallest absolute Gasteiger partial charge is 0.463 e. The van der Waals surface area contributed by atoms with Crippen LogP contribution < -0.4 is 0 Å². The highest BCUT2D eigenvalue weighted by Crippen LogP contribution is 2.49. The number of unbranched alkanes of at least 4 members (excludes halogenated alkanes) is 49. The van der Waals surface area contributed by atoms with E-state index in [1.807, 2.05) is 0 Å². The highest BCUT2D eigenvalue weighted by molar-refractivity contribution is 7.47. The molecule has 25 nitrogen and oxygen atoms in total. The van der Waals surface area contributed by atoms with Crippen LogP contribution in [0.3, 0.4) is 0 Å². The molecule has 2 heterocycles. The fourth-order valence-electron chi connectivity index (χ4n) is 16.1. The van der Waals surface area contributed by atoms with Crippen molar-refractivity contribution >= 4 is 31.7 Å². The summed E-state index contributed by atoms with van der Waals surface area (Å²) in [5, 5.41) is 102. The Morgan fingerprint density at radius 3 is 1.02 bits per heavy atom. The Morgan fingerprint density at radius 2 is 0.641 bits per heavy atom. The number of hydrogen-bond donors (Lipinski definition) is 10. The van der Waals surface area contributed by atoms with Crippen molar-refractivity contribution in [2.24, 2.45) is 5.92 Å². The Balaban J connectivity index is 1.91. The monoisotopic (exact) mass is 1700 g/mol. The van der Waals surface area contributed by atoms with Crippen LogP contribution in [-0.2, 0) is 70.7 Å². The summed E-state index contributed by atoms with van der Waals surface area (Å²) in [5.74, 6) is -2.27. The molecule has 0 bridgehead atoms. The molecule has 1 saturated carbocycles. The molecule has 0 aromatic carbocycles. The van der Waals surface area contributed by atoms with Crippen LogP contribution in [0.5, 0.6) is 0 Å². The van der Waals surface area contributed by atoms with Crippen LogP contribution in [0.4, 0.5) is 0 Å². The van der Waals surface area contributed by atoms with Crippen molar-refractivity contribution in [2.45, 2.75) is 524 Å². The van der Waals surface area contributed by atoms with E-state index in [2.05, 4.69) is 34.6 Å². The van der Waals surface area contributed by atoms with Crippen molar-refractivity contribution in [1.82, 2.24) is 0 Å². The predicted molar refractivity (Wildman–Crippen MR) is 453 cm³/mol. The lowest BCUT2D eigenvalue weighted by atomic mass is 9.84. The molecule has 3 aliphatic rings. The molecule has 26 heteroatoms. The van der Waals surface area contributed by atoms with Gasteiger partial charge in [0.2, 0.25) is 0 Å². The van der Waals surface area contributed by atoms with Crippen molar-refractivity contribution in [3.05, 3.63) is 0 Å². The van der Waals surface area contributed by atoms with Crippen molar-refractivity contribution in [3.8, 4) is 0 Å². The standard InChI is InChI=1S/C91H171O25P/c1-6-10-14-18-22-25-28-31-32-33-36-38-41-44-51-57-63-75(94)108-69-73-79(98)81(100)85(104)91(112-73)115-88-86(113-77(96)65-59-52-45-42-39-35-30-27-24-20-16-12-8-3)82(101)83(102)87(114-90-84(103)80(99)78(97)72(66-92)111-90)89(88)116-117(105,106)109-68-71(67-107-74(93)62-56-50-43-40-37-34-29-26-23-19-15-11-7-2)110-76(95)64-58-53-47-46-49-55-61-70(5)60-54-48-21-17-13-9-4/h70-73,78-92,97-104H,6-69H2,1-5H3,(H,105,106). The van der Waals surface area contributed by atoms with Gasteiger partial charge < -0.3 is 88.7 Å². The minimum atomic E-state index is -5.80. The predicted octanol–water partition coefficient (Wildman–Crippen LogP) is 17.6. The van der Waals surface area contributed by atoms with Gasteiger partial charge in [0.1, 0.15) is 92.6 Å². The largest absolute Gasteiger partial charge is 0.472 e. The molecule has 2 aliphatic heterocycles.